The minimum Gasteiger partial charge on any atom is -0.389 e. The van der Waals surface area contributed by atoms with Crippen molar-refractivity contribution < 1.29 is 32.6 Å². The average molecular weight is 426 g/mol. The molecule has 3 heterocycles. The van der Waals surface area contributed by atoms with Crippen molar-refractivity contribution in [2.45, 2.75) is 31.9 Å². The largest absolute Gasteiger partial charge is 0.417 e. The molecular weight excluding hydrogens is 409 g/mol. The van der Waals surface area contributed by atoms with Gasteiger partial charge >= 0.3 is 6.18 Å². The standard InChI is InChI=1S/C19H17F3N2O4S/c1-9-14-13(8-28-9)29-17(15(14)18(27)24-6-10(25)7-24)23-16(26)11-4-2-3-5-12(11)19(20,21)22/h2-5,9-10,25H,6-8H2,1H3,(H,23,26). The summed E-state index contributed by atoms with van der Waals surface area (Å²) in [4.78, 5) is 27.8. The molecule has 2 N–H and O–H groups in total. The van der Waals surface area contributed by atoms with Crippen LogP contribution in [0.4, 0.5) is 18.2 Å². The lowest BCUT2D eigenvalue weighted by molar-refractivity contribution is -0.137. The number of nitrogens with one attached hydrogen (secondary N) is 1. The number of benzene rings is 1. The molecule has 2 aliphatic heterocycles. The second-order valence-electron chi connectivity index (χ2n) is 6.96. The fraction of sp³-hybridized carbons (Fsp3) is 0.368. The zero-order chi connectivity index (χ0) is 20.9. The Morgan fingerprint density at radius 2 is 1.97 bits per heavy atom. The van der Waals surface area contributed by atoms with Gasteiger partial charge in [-0.05, 0) is 19.1 Å². The Labute approximate surface area is 167 Å². The van der Waals surface area contributed by atoms with Crippen LogP contribution < -0.4 is 5.32 Å². The van der Waals surface area contributed by atoms with Crippen LogP contribution >= 0.6 is 11.3 Å². The number of amides is 2. The maximum atomic E-state index is 13.3. The number of halogens is 3. The molecule has 1 fully saturated rings. The van der Waals surface area contributed by atoms with E-state index in [4.69, 9.17) is 4.74 Å². The van der Waals surface area contributed by atoms with Crippen LogP contribution in [-0.4, -0.2) is 41.0 Å². The molecule has 1 saturated heterocycles. The Morgan fingerprint density at radius 3 is 2.62 bits per heavy atom. The predicted octanol–water partition coefficient (Wildman–Crippen LogP) is 3.43. The van der Waals surface area contributed by atoms with E-state index in [0.717, 1.165) is 28.3 Å². The van der Waals surface area contributed by atoms with Gasteiger partial charge in [-0.25, -0.2) is 0 Å². The zero-order valence-electron chi connectivity index (χ0n) is 15.2. The lowest BCUT2D eigenvalue weighted by atomic mass is 10.0. The van der Waals surface area contributed by atoms with Gasteiger partial charge in [-0.3, -0.25) is 9.59 Å². The Kier molecular flexibility index (Phi) is 4.88. The molecule has 1 aromatic heterocycles. The number of aliphatic hydroxyl groups excluding tert-OH is 1. The van der Waals surface area contributed by atoms with E-state index in [1.807, 2.05) is 0 Å². The van der Waals surface area contributed by atoms with Crippen LogP contribution in [0.5, 0.6) is 0 Å². The molecule has 1 atom stereocenters. The van der Waals surface area contributed by atoms with Crippen molar-refractivity contribution in [2.24, 2.45) is 0 Å². The number of carbonyl (C=O) groups is 2. The molecule has 2 aliphatic rings. The van der Waals surface area contributed by atoms with E-state index in [0.29, 0.717) is 5.56 Å². The van der Waals surface area contributed by atoms with Gasteiger partial charge in [-0.1, -0.05) is 12.1 Å². The molecule has 6 nitrogen and oxygen atoms in total. The molecule has 0 spiro atoms. The van der Waals surface area contributed by atoms with Gasteiger partial charge in [-0.15, -0.1) is 11.3 Å². The first-order chi connectivity index (χ1) is 13.7. The van der Waals surface area contributed by atoms with Gasteiger partial charge < -0.3 is 20.1 Å². The third kappa shape index (κ3) is 3.52. The van der Waals surface area contributed by atoms with Crippen LogP contribution in [-0.2, 0) is 17.5 Å². The fourth-order valence-corrected chi connectivity index (χ4v) is 4.68. The number of hydrogen-bond donors (Lipinski definition) is 2. The van der Waals surface area contributed by atoms with Gasteiger partial charge in [0.1, 0.15) is 5.00 Å². The van der Waals surface area contributed by atoms with Gasteiger partial charge in [-0.2, -0.15) is 13.2 Å². The molecule has 0 radical (unpaired) electrons. The van der Waals surface area contributed by atoms with E-state index < -0.39 is 29.3 Å². The monoisotopic (exact) mass is 426 g/mol. The first kappa shape index (κ1) is 19.9. The third-order valence-electron chi connectivity index (χ3n) is 4.96. The Bertz CT molecular complexity index is 982. The van der Waals surface area contributed by atoms with Crippen LogP contribution in [0, 0.1) is 0 Å². The molecule has 2 amide bonds. The first-order valence-electron chi connectivity index (χ1n) is 8.89. The number of likely N-dealkylation sites (tertiary alicyclic amines) is 1. The highest BCUT2D eigenvalue weighted by Crippen LogP contribution is 2.44. The minimum atomic E-state index is -4.68. The van der Waals surface area contributed by atoms with Crippen LogP contribution in [0.2, 0.25) is 0 Å². The molecule has 0 aliphatic carbocycles. The molecule has 1 aromatic carbocycles. The molecule has 1 unspecified atom stereocenters. The first-order valence-corrected chi connectivity index (χ1v) is 9.70. The normalized spacial score (nSPS) is 19.1. The van der Waals surface area contributed by atoms with E-state index >= 15 is 0 Å². The number of nitrogens with zero attached hydrogens (tertiary/aromatic N) is 1. The number of ether oxygens (including phenoxy) is 1. The topological polar surface area (TPSA) is 78.9 Å². The van der Waals surface area contributed by atoms with E-state index in [2.05, 4.69) is 5.32 Å². The maximum absolute atomic E-state index is 13.3. The van der Waals surface area contributed by atoms with Crippen molar-refractivity contribution in [3.63, 3.8) is 0 Å². The van der Waals surface area contributed by atoms with Crippen molar-refractivity contribution in [1.29, 1.82) is 0 Å². The summed E-state index contributed by atoms with van der Waals surface area (Å²) in [5, 5.41) is 12.2. The number of fused-ring (bicyclic) bond motifs is 1. The molecule has 154 valence electrons. The van der Waals surface area contributed by atoms with Gasteiger partial charge in [0.2, 0.25) is 0 Å². The maximum Gasteiger partial charge on any atom is 0.417 e. The lowest BCUT2D eigenvalue weighted by Crippen LogP contribution is -2.53. The summed E-state index contributed by atoms with van der Waals surface area (Å²) in [5.74, 6) is -1.33. The molecule has 0 bridgehead atoms. The molecule has 4 rings (SSSR count). The summed E-state index contributed by atoms with van der Waals surface area (Å²) in [6.07, 6.45) is -5.66. The third-order valence-corrected chi connectivity index (χ3v) is 6.05. The molecular formula is C19H17F3N2O4S. The zero-order valence-corrected chi connectivity index (χ0v) is 16.1. The predicted molar refractivity (Wildman–Crippen MR) is 98.8 cm³/mol. The van der Waals surface area contributed by atoms with Crippen LogP contribution in [0.3, 0.4) is 0 Å². The number of alkyl halides is 3. The highest BCUT2D eigenvalue weighted by molar-refractivity contribution is 7.17. The lowest BCUT2D eigenvalue weighted by Gasteiger charge is -2.36. The van der Waals surface area contributed by atoms with E-state index in [-0.39, 0.29) is 42.3 Å². The Balaban J connectivity index is 1.69. The van der Waals surface area contributed by atoms with Crippen molar-refractivity contribution >= 4 is 28.2 Å². The molecule has 10 heteroatoms. The number of rotatable bonds is 3. The number of aliphatic hydroxyl groups is 1. The van der Waals surface area contributed by atoms with Gasteiger partial charge in [0, 0.05) is 23.5 Å². The molecule has 0 saturated carbocycles. The van der Waals surface area contributed by atoms with E-state index in [1.165, 1.54) is 17.0 Å². The second kappa shape index (κ2) is 7.12. The second-order valence-corrected chi connectivity index (χ2v) is 8.06. The molecule has 2 aromatic rings. The average Bonchev–Trinajstić information content (AvgIpc) is 3.17. The van der Waals surface area contributed by atoms with Crippen molar-refractivity contribution in [3.05, 3.63) is 51.4 Å². The SMILES string of the molecule is CC1OCc2sc(NC(=O)c3ccccc3C(F)(F)F)c(C(=O)N3CC(O)C3)c21. The van der Waals surface area contributed by atoms with Crippen LogP contribution in [0.1, 0.15) is 49.7 Å². The summed E-state index contributed by atoms with van der Waals surface area (Å²) < 4.78 is 45.3. The van der Waals surface area contributed by atoms with Crippen molar-refractivity contribution in [2.75, 3.05) is 18.4 Å². The highest BCUT2D eigenvalue weighted by atomic mass is 32.1. The fourth-order valence-electron chi connectivity index (χ4n) is 3.49. The summed E-state index contributed by atoms with van der Waals surface area (Å²) in [7, 11) is 0. The number of β-amino-alcohol motifs (C(OH)–C–C–N with tert-alkyl or cyclic N) is 1. The number of thiophene rings is 1. The molecule has 29 heavy (non-hydrogen) atoms. The summed E-state index contributed by atoms with van der Waals surface area (Å²) in [6.45, 7) is 2.37. The van der Waals surface area contributed by atoms with E-state index in [9.17, 15) is 27.9 Å². The summed E-state index contributed by atoms with van der Waals surface area (Å²) in [5.41, 5.74) is -0.701. The summed E-state index contributed by atoms with van der Waals surface area (Å²) in [6, 6.07) is 4.50. The van der Waals surface area contributed by atoms with Gasteiger partial charge in [0.05, 0.1) is 35.5 Å². The summed E-state index contributed by atoms with van der Waals surface area (Å²) >= 11 is 1.12. The van der Waals surface area contributed by atoms with Crippen molar-refractivity contribution in [1.82, 2.24) is 4.90 Å². The Morgan fingerprint density at radius 1 is 1.28 bits per heavy atom. The van der Waals surface area contributed by atoms with Gasteiger partial charge in [0.25, 0.3) is 11.8 Å². The van der Waals surface area contributed by atoms with Crippen LogP contribution in [0.15, 0.2) is 24.3 Å². The smallest absolute Gasteiger partial charge is 0.389 e. The van der Waals surface area contributed by atoms with Crippen LogP contribution in [0.25, 0.3) is 0 Å². The highest BCUT2D eigenvalue weighted by Gasteiger charge is 2.39. The van der Waals surface area contributed by atoms with E-state index in [1.54, 1.807) is 6.92 Å². The van der Waals surface area contributed by atoms with Gasteiger partial charge in [0.15, 0.2) is 0 Å². The number of carbonyl (C=O) groups excluding carboxylic acids is 2. The minimum absolute atomic E-state index is 0.170. The Hall–Kier alpha value is -2.43. The van der Waals surface area contributed by atoms with Crippen molar-refractivity contribution in [3.8, 4) is 0 Å². The number of anilines is 1. The quantitative estimate of drug-likeness (QED) is 0.788. The number of hydrogen-bond acceptors (Lipinski definition) is 5.